The van der Waals surface area contributed by atoms with Crippen molar-refractivity contribution in [2.24, 2.45) is 5.92 Å². The molecule has 1 aromatic rings. The lowest BCUT2D eigenvalue weighted by atomic mass is 9.95. The van der Waals surface area contributed by atoms with Crippen LogP contribution in [0.3, 0.4) is 0 Å². The number of rotatable bonds is 2. The van der Waals surface area contributed by atoms with Crippen LogP contribution in [0, 0.1) is 25.6 Å². The summed E-state index contributed by atoms with van der Waals surface area (Å²) in [6.07, 6.45) is -10.9. The van der Waals surface area contributed by atoms with Crippen LogP contribution in [0.2, 0.25) is 0 Å². The van der Waals surface area contributed by atoms with E-state index in [1.165, 1.54) is 13.8 Å². The Labute approximate surface area is 119 Å². The monoisotopic (exact) mass is 366 g/mol. The highest BCUT2D eigenvalue weighted by Gasteiger charge is 2.60. The summed E-state index contributed by atoms with van der Waals surface area (Å²) in [5, 5.41) is 0. The fourth-order valence-electron chi connectivity index (χ4n) is 1.85. The van der Waals surface area contributed by atoms with Gasteiger partial charge < -0.3 is 0 Å². The molecule has 1 unspecified atom stereocenters. The fraction of sp³-hybridized carbons (Fsp3) is 0.500. The summed E-state index contributed by atoms with van der Waals surface area (Å²) in [4.78, 5) is -2.03. The number of benzene rings is 1. The summed E-state index contributed by atoms with van der Waals surface area (Å²) in [6.45, 7) is 2.56. The van der Waals surface area contributed by atoms with E-state index >= 15 is 0 Å². The standard InChI is InChI=1S/C12H10BrF7/c1-5-3-7(4-6(2)9(5)14)8(13)10(11(15,16)17)12(18,19)20/h3-4,8,10H,1-2H3. The van der Waals surface area contributed by atoms with Crippen LogP contribution in [-0.4, -0.2) is 12.4 Å². The van der Waals surface area contributed by atoms with Gasteiger partial charge in [0.15, 0.2) is 5.92 Å². The van der Waals surface area contributed by atoms with Crippen molar-refractivity contribution in [1.29, 1.82) is 0 Å². The van der Waals surface area contributed by atoms with E-state index < -0.39 is 28.9 Å². The molecule has 0 aliphatic heterocycles. The Morgan fingerprint density at radius 2 is 1.25 bits per heavy atom. The molecule has 0 aliphatic carbocycles. The van der Waals surface area contributed by atoms with Gasteiger partial charge in [-0.05, 0) is 30.5 Å². The second kappa shape index (κ2) is 5.54. The first-order valence-corrected chi connectivity index (χ1v) is 6.31. The zero-order valence-corrected chi connectivity index (χ0v) is 11.9. The summed E-state index contributed by atoms with van der Waals surface area (Å²) >= 11 is 2.45. The molecule has 1 rings (SSSR count). The number of hydrogen-bond donors (Lipinski definition) is 0. The van der Waals surface area contributed by atoms with E-state index in [2.05, 4.69) is 15.9 Å². The number of alkyl halides is 7. The molecule has 0 heterocycles. The van der Waals surface area contributed by atoms with Crippen LogP contribution in [0.5, 0.6) is 0 Å². The van der Waals surface area contributed by atoms with Gasteiger partial charge in [-0.2, -0.15) is 26.3 Å². The first kappa shape index (κ1) is 17.3. The van der Waals surface area contributed by atoms with Crippen molar-refractivity contribution in [3.8, 4) is 0 Å². The van der Waals surface area contributed by atoms with Gasteiger partial charge in [0, 0.05) is 0 Å². The molecule has 0 amide bonds. The highest BCUT2D eigenvalue weighted by atomic mass is 79.9. The SMILES string of the molecule is Cc1cc(C(Br)C(C(F)(F)F)C(F)(F)F)cc(C)c1F. The summed E-state index contributed by atoms with van der Waals surface area (Å²) in [5.74, 6) is -4.21. The third-order valence-electron chi connectivity index (χ3n) is 2.78. The topological polar surface area (TPSA) is 0 Å². The molecule has 1 aromatic carbocycles. The second-order valence-electron chi connectivity index (χ2n) is 4.43. The molecule has 0 saturated heterocycles. The van der Waals surface area contributed by atoms with Crippen LogP contribution in [0.4, 0.5) is 30.7 Å². The largest absolute Gasteiger partial charge is 0.401 e. The molecule has 0 bridgehead atoms. The molecule has 8 heteroatoms. The average Bonchev–Trinajstić information content (AvgIpc) is 2.20. The fourth-order valence-corrected chi connectivity index (χ4v) is 2.71. The summed E-state index contributed by atoms with van der Waals surface area (Å²) in [6, 6.07) is 1.96. The zero-order valence-electron chi connectivity index (χ0n) is 10.3. The molecule has 0 aromatic heterocycles. The molecule has 0 radical (unpaired) electrons. The third kappa shape index (κ3) is 3.65. The normalized spacial score (nSPS) is 14.8. The van der Waals surface area contributed by atoms with Gasteiger partial charge in [0.1, 0.15) is 5.82 Å². The highest BCUT2D eigenvalue weighted by Crippen LogP contribution is 2.50. The lowest BCUT2D eigenvalue weighted by Gasteiger charge is -2.27. The van der Waals surface area contributed by atoms with E-state index in [1.807, 2.05) is 0 Å². The van der Waals surface area contributed by atoms with E-state index in [0.717, 1.165) is 12.1 Å². The van der Waals surface area contributed by atoms with Gasteiger partial charge in [0.25, 0.3) is 0 Å². The number of aryl methyl sites for hydroxylation is 2. The van der Waals surface area contributed by atoms with Gasteiger partial charge in [-0.3, -0.25) is 0 Å². The van der Waals surface area contributed by atoms with Crippen LogP contribution in [0.1, 0.15) is 21.5 Å². The molecule has 0 N–H and O–H groups in total. The minimum absolute atomic E-state index is 0.00690. The Bertz CT molecular complexity index is 453. The van der Waals surface area contributed by atoms with Crippen molar-refractivity contribution in [3.63, 3.8) is 0 Å². The van der Waals surface area contributed by atoms with Gasteiger partial charge >= 0.3 is 12.4 Å². The van der Waals surface area contributed by atoms with E-state index in [4.69, 9.17) is 0 Å². The van der Waals surface area contributed by atoms with Gasteiger partial charge in [0.05, 0.1) is 4.83 Å². The third-order valence-corrected chi connectivity index (χ3v) is 3.83. The van der Waals surface area contributed by atoms with Crippen molar-refractivity contribution < 1.29 is 30.7 Å². The van der Waals surface area contributed by atoms with Crippen molar-refractivity contribution >= 4 is 15.9 Å². The van der Waals surface area contributed by atoms with Crippen LogP contribution >= 0.6 is 15.9 Å². The lowest BCUT2D eigenvalue weighted by Crippen LogP contribution is -2.39. The van der Waals surface area contributed by atoms with Crippen molar-refractivity contribution in [2.75, 3.05) is 0 Å². The van der Waals surface area contributed by atoms with E-state index in [0.29, 0.717) is 0 Å². The summed E-state index contributed by atoms with van der Waals surface area (Å²) < 4.78 is 89.0. The maximum Gasteiger partial charge on any atom is 0.401 e. The predicted octanol–water partition coefficient (Wildman–Crippen LogP) is 5.62. The van der Waals surface area contributed by atoms with Crippen LogP contribution in [0.25, 0.3) is 0 Å². The Morgan fingerprint density at radius 3 is 1.55 bits per heavy atom. The lowest BCUT2D eigenvalue weighted by molar-refractivity contribution is -0.283. The maximum atomic E-state index is 13.4. The second-order valence-corrected chi connectivity index (χ2v) is 5.42. The van der Waals surface area contributed by atoms with Crippen molar-refractivity contribution in [3.05, 3.63) is 34.6 Å². The minimum Gasteiger partial charge on any atom is -0.206 e. The molecule has 0 nitrogen and oxygen atoms in total. The Balaban J connectivity index is 3.30. The van der Waals surface area contributed by atoms with Crippen molar-refractivity contribution in [2.45, 2.75) is 31.0 Å². The molecule has 0 spiro atoms. The molecule has 20 heavy (non-hydrogen) atoms. The molecule has 0 fully saturated rings. The van der Waals surface area contributed by atoms with Gasteiger partial charge in [0.2, 0.25) is 0 Å². The average molecular weight is 367 g/mol. The predicted molar refractivity (Wildman–Crippen MR) is 63.1 cm³/mol. The Morgan fingerprint density at radius 1 is 0.900 bits per heavy atom. The first-order chi connectivity index (χ1) is 8.85. The quantitative estimate of drug-likeness (QED) is 0.470. The van der Waals surface area contributed by atoms with Crippen LogP contribution in [-0.2, 0) is 0 Å². The van der Waals surface area contributed by atoms with E-state index in [-0.39, 0.29) is 16.7 Å². The van der Waals surface area contributed by atoms with Gasteiger partial charge in [-0.1, -0.05) is 28.1 Å². The van der Waals surface area contributed by atoms with Gasteiger partial charge in [-0.25, -0.2) is 4.39 Å². The Hall–Kier alpha value is -0.790. The smallest absolute Gasteiger partial charge is 0.206 e. The minimum atomic E-state index is -5.46. The van der Waals surface area contributed by atoms with Crippen molar-refractivity contribution in [1.82, 2.24) is 0 Å². The maximum absolute atomic E-state index is 13.4. The highest BCUT2D eigenvalue weighted by molar-refractivity contribution is 9.09. The number of hydrogen-bond acceptors (Lipinski definition) is 0. The first-order valence-electron chi connectivity index (χ1n) is 5.40. The molecule has 114 valence electrons. The summed E-state index contributed by atoms with van der Waals surface area (Å²) in [7, 11) is 0. The molecule has 1 atom stereocenters. The van der Waals surface area contributed by atoms with E-state index in [1.54, 1.807) is 0 Å². The molecule has 0 aliphatic rings. The number of halogens is 8. The Kier molecular flexibility index (Phi) is 4.78. The van der Waals surface area contributed by atoms with E-state index in [9.17, 15) is 30.7 Å². The van der Waals surface area contributed by atoms with Gasteiger partial charge in [-0.15, -0.1) is 0 Å². The zero-order chi connectivity index (χ0) is 15.9. The van der Waals surface area contributed by atoms with Crippen LogP contribution < -0.4 is 0 Å². The van der Waals surface area contributed by atoms with Crippen LogP contribution in [0.15, 0.2) is 12.1 Å². The molecular weight excluding hydrogens is 357 g/mol. The summed E-state index contributed by atoms with van der Waals surface area (Å²) in [5.41, 5.74) is -0.277. The molecular formula is C12H10BrF7. The molecule has 0 saturated carbocycles.